The van der Waals surface area contributed by atoms with Crippen molar-refractivity contribution in [2.45, 2.75) is 6.92 Å². The Morgan fingerprint density at radius 3 is 2.67 bits per heavy atom. The molecule has 0 spiro atoms. The minimum absolute atomic E-state index is 0.00746. The molecule has 2 N–H and O–H groups in total. The highest BCUT2D eigenvalue weighted by Gasteiger charge is 2.20. The van der Waals surface area contributed by atoms with Gasteiger partial charge in [0.25, 0.3) is 0 Å². The Kier molecular flexibility index (Phi) is 3.92. The van der Waals surface area contributed by atoms with E-state index in [2.05, 4.69) is 10.2 Å². The fourth-order valence-electron chi connectivity index (χ4n) is 2.12. The first kappa shape index (κ1) is 12.5. The molecular weight excluding hydrogens is 230 g/mol. The molecule has 0 atom stereocenters. The minimum Gasteiger partial charge on any atom is -0.508 e. The molecule has 0 bridgehead atoms. The SMILES string of the molecule is CCNC(=O)N1CCN(c2cccc(O)c2)CC1. The first-order chi connectivity index (χ1) is 8.70. The zero-order valence-corrected chi connectivity index (χ0v) is 10.6. The number of nitrogens with zero attached hydrogens (tertiary/aromatic N) is 2. The van der Waals surface area contributed by atoms with Gasteiger partial charge in [0.1, 0.15) is 5.75 Å². The topological polar surface area (TPSA) is 55.8 Å². The second kappa shape index (κ2) is 5.62. The van der Waals surface area contributed by atoms with Gasteiger partial charge in [-0.2, -0.15) is 0 Å². The molecule has 1 aromatic rings. The number of aromatic hydroxyl groups is 1. The highest BCUT2D eigenvalue weighted by molar-refractivity contribution is 5.74. The lowest BCUT2D eigenvalue weighted by Gasteiger charge is -2.36. The Labute approximate surface area is 107 Å². The number of hydrogen-bond acceptors (Lipinski definition) is 3. The molecule has 1 aliphatic heterocycles. The maximum absolute atomic E-state index is 11.7. The van der Waals surface area contributed by atoms with Crippen molar-refractivity contribution in [2.75, 3.05) is 37.6 Å². The van der Waals surface area contributed by atoms with E-state index in [9.17, 15) is 9.90 Å². The van der Waals surface area contributed by atoms with Crippen molar-refractivity contribution < 1.29 is 9.90 Å². The van der Waals surface area contributed by atoms with E-state index in [1.807, 2.05) is 24.0 Å². The predicted molar refractivity (Wildman–Crippen MR) is 71.0 cm³/mol. The number of rotatable bonds is 2. The average Bonchev–Trinajstić information content (AvgIpc) is 2.39. The van der Waals surface area contributed by atoms with Gasteiger partial charge in [0.05, 0.1) is 0 Å². The van der Waals surface area contributed by atoms with E-state index in [-0.39, 0.29) is 11.8 Å². The maximum Gasteiger partial charge on any atom is 0.317 e. The summed E-state index contributed by atoms with van der Waals surface area (Å²) in [6, 6.07) is 7.23. The Morgan fingerprint density at radius 2 is 2.06 bits per heavy atom. The van der Waals surface area contributed by atoms with Crippen LogP contribution in [0.3, 0.4) is 0 Å². The average molecular weight is 249 g/mol. The fourth-order valence-corrected chi connectivity index (χ4v) is 2.12. The molecule has 5 heteroatoms. The molecule has 1 heterocycles. The van der Waals surface area contributed by atoms with Gasteiger partial charge in [0, 0.05) is 44.5 Å². The van der Waals surface area contributed by atoms with Crippen molar-refractivity contribution in [1.82, 2.24) is 10.2 Å². The number of urea groups is 1. The summed E-state index contributed by atoms with van der Waals surface area (Å²) in [5, 5.41) is 12.3. The number of carbonyl (C=O) groups excluding carboxylic acids is 1. The highest BCUT2D eigenvalue weighted by atomic mass is 16.3. The number of benzene rings is 1. The Balaban J connectivity index is 1.92. The van der Waals surface area contributed by atoms with Crippen LogP contribution in [0.25, 0.3) is 0 Å². The van der Waals surface area contributed by atoms with E-state index >= 15 is 0 Å². The molecule has 5 nitrogen and oxygen atoms in total. The van der Waals surface area contributed by atoms with E-state index in [1.54, 1.807) is 12.1 Å². The fraction of sp³-hybridized carbons (Fsp3) is 0.462. The molecule has 0 saturated carbocycles. The molecule has 0 aromatic heterocycles. The van der Waals surface area contributed by atoms with Crippen LogP contribution < -0.4 is 10.2 Å². The summed E-state index contributed by atoms with van der Waals surface area (Å²) >= 11 is 0. The van der Waals surface area contributed by atoms with Crippen LogP contribution in [0.4, 0.5) is 10.5 Å². The monoisotopic (exact) mass is 249 g/mol. The van der Waals surface area contributed by atoms with Crippen LogP contribution in [0.1, 0.15) is 6.92 Å². The number of phenolic OH excluding ortho intramolecular Hbond substituents is 1. The molecule has 1 saturated heterocycles. The van der Waals surface area contributed by atoms with E-state index in [1.165, 1.54) is 0 Å². The van der Waals surface area contributed by atoms with Gasteiger partial charge in [-0.15, -0.1) is 0 Å². The summed E-state index contributed by atoms with van der Waals surface area (Å²) in [5.74, 6) is 0.277. The number of nitrogens with one attached hydrogen (secondary N) is 1. The van der Waals surface area contributed by atoms with E-state index in [0.717, 1.165) is 18.8 Å². The molecular formula is C13H19N3O2. The van der Waals surface area contributed by atoms with Gasteiger partial charge in [-0.25, -0.2) is 4.79 Å². The van der Waals surface area contributed by atoms with Crippen LogP contribution in [0.5, 0.6) is 5.75 Å². The third-order valence-corrected chi connectivity index (χ3v) is 3.09. The van der Waals surface area contributed by atoms with Crippen LogP contribution >= 0.6 is 0 Å². The van der Waals surface area contributed by atoms with E-state index in [4.69, 9.17) is 0 Å². The summed E-state index contributed by atoms with van der Waals surface area (Å²) in [4.78, 5) is 15.6. The van der Waals surface area contributed by atoms with Crippen LogP contribution in [-0.2, 0) is 0 Å². The molecule has 2 rings (SSSR count). The molecule has 0 aliphatic carbocycles. The number of amides is 2. The van der Waals surface area contributed by atoms with Gasteiger partial charge in [-0.05, 0) is 19.1 Å². The van der Waals surface area contributed by atoms with Crippen LogP contribution in [-0.4, -0.2) is 48.8 Å². The zero-order valence-electron chi connectivity index (χ0n) is 10.6. The maximum atomic E-state index is 11.7. The number of carbonyl (C=O) groups is 1. The van der Waals surface area contributed by atoms with Crippen molar-refractivity contribution in [3.8, 4) is 5.75 Å². The number of piperazine rings is 1. The summed E-state index contributed by atoms with van der Waals surface area (Å²) < 4.78 is 0. The van der Waals surface area contributed by atoms with Crippen molar-refractivity contribution in [3.63, 3.8) is 0 Å². The molecule has 0 radical (unpaired) electrons. The zero-order chi connectivity index (χ0) is 13.0. The van der Waals surface area contributed by atoms with Gasteiger partial charge in [-0.1, -0.05) is 6.07 Å². The molecule has 1 aromatic carbocycles. The van der Waals surface area contributed by atoms with Crippen LogP contribution in [0.2, 0.25) is 0 Å². The molecule has 0 unspecified atom stereocenters. The lowest BCUT2D eigenvalue weighted by atomic mass is 10.2. The minimum atomic E-state index is 0.00746. The Bertz CT molecular complexity index is 414. The lowest BCUT2D eigenvalue weighted by Crippen LogP contribution is -2.51. The molecule has 98 valence electrons. The van der Waals surface area contributed by atoms with Gasteiger partial charge < -0.3 is 20.2 Å². The van der Waals surface area contributed by atoms with E-state index < -0.39 is 0 Å². The summed E-state index contributed by atoms with van der Waals surface area (Å²) in [5.41, 5.74) is 1.01. The summed E-state index contributed by atoms with van der Waals surface area (Å²) in [6.45, 7) is 5.58. The number of phenols is 1. The summed E-state index contributed by atoms with van der Waals surface area (Å²) in [7, 11) is 0. The lowest BCUT2D eigenvalue weighted by molar-refractivity contribution is 0.195. The largest absolute Gasteiger partial charge is 0.508 e. The molecule has 1 aliphatic rings. The first-order valence-corrected chi connectivity index (χ1v) is 6.27. The van der Waals surface area contributed by atoms with Gasteiger partial charge in [0.2, 0.25) is 0 Å². The summed E-state index contributed by atoms with van der Waals surface area (Å²) in [6.07, 6.45) is 0. The number of hydrogen-bond donors (Lipinski definition) is 2. The smallest absolute Gasteiger partial charge is 0.317 e. The number of anilines is 1. The standard InChI is InChI=1S/C13H19N3O2/c1-2-14-13(18)16-8-6-15(7-9-16)11-4-3-5-12(17)10-11/h3-5,10,17H,2,6-9H2,1H3,(H,14,18). The van der Waals surface area contributed by atoms with Crippen LogP contribution in [0.15, 0.2) is 24.3 Å². The highest BCUT2D eigenvalue weighted by Crippen LogP contribution is 2.21. The Hall–Kier alpha value is -1.91. The van der Waals surface area contributed by atoms with Crippen LogP contribution in [0, 0.1) is 0 Å². The van der Waals surface area contributed by atoms with Crippen molar-refractivity contribution in [3.05, 3.63) is 24.3 Å². The van der Waals surface area contributed by atoms with Gasteiger partial charge in [0.15, 0.2) is 0 Å². The Morgan fingerprint density at radius 1 is 1.33 bits per heavy atom. The van der Waals surface area contributed by atoms with Crippen molar-refractivity contribution >= 4 is 11.7 Å². The second-order valence-corrected chi connectivity index (χ2v) is 4.33. The quantitative estimate of drug-likeness (QED) is 0.829. The third kappa shape index (κ3) is 2.85. The van der Waals surface area contributed by atoms with Gasteiger partial charge in [-0.3, -0.25) is 0 Å². The molecule has 2 amide bonds. The molecule has 1 fully saturated rings. The first-order valence-electron chi connectivity index (χ1n) is 6.27. The normalized spacial score (nSPS) is 15.6. The predicted octanol–water partition coefficient (Wildman–Crippen LogP) is 1.24. The third-order valence-electron chi connectivity index (χ3n) is 3.09. The van der Waals surface area contributed by atoms with Crippen molar-refractivity contribution in [1.29, 1.82) is 0 Å². The second-order valence-electron chi connectivity index (χ2n) is 4.33. The van der Waals surface area contributed by atoms with Gasteiger partial charge >= 0.3 is 6.03 Å². The van der Waals surface area contributed by atoms with Crippen molar-refractivity contribution in [2.24, 2.45) is 0 Å². The molecule has 18 heavy (non-hydrogen) atoms. The van der Waals surface area contributed by atoms with E-state index in [0.29, 0.717) is 19.6 Å².